The smallest absolute Gasteiger partial charge is 0.222 e. The summed E-state index contributed by atoms with van der Waals surface area (Å²) in [5.74, 6) is 1.82. The van der Waals surface area contributed by atoms with Crippen molar-refractivity contribution >= 4 is 0 Å². The molecule has 2 aromatic rings. The Labute approximate surface area is 107 Å². The number of rotatable bonds is 5. The number of hydrogen-bond donors (Lipinski definition) is 1. The Balaban J connectivity index is 2.08. The molecule has 1 heterocycles. The number of benzene rings is 1. The van der Waals surface area contributed by atoms with E-state index < -0.39 is 0 Å². The largest absolute Gasteiger partial charge is 0.481 e. The van der Waals surface area contributed by atoms with Crippen LogP contribution in [0.4, 0.5) is 0 Å². The van der Waals surface area contributed by atoms with Crippen LogP contribution in [-0.4, -0.2) is 19.1 Å². The number of ether oxygens (including phenoxy) is 2. The van der Waals surface area contributed by atoms with Crippen LogP contribution in [0.5, 0.6) is 17.5 Å². The zero-order valence-corrected chi connectivity index (χ0v) is 10.5. The molecule has 0 aliphatic carbocycles. The minimum absolute atomic E-state index is 0.524. The van der Waals surface area contributed by atoms with Gasteiger partial charge in [-0.2, -0.15) is 4.98 Å². The topological polar surface area (TPSA) is 43.4 Å². The van der Waals surface area contributed by atoms with Crippen LogP contribution in [0.3, 0.4) is 0 Å². The van der Waals surface area contributed by atoms with E-state index in [-0.39, 0.29) is 0 Å². The average Bonchev–Trinajstić information content (AvgIpc) is 2.42. The van der Waals surface area contributed by atoms with Gasteiger partial charge in [-0.25, -0.2) is 0 Å². The van der Waals surface area contributed by atoms with Crippen molar-refractivity contribution in [2.45, 2.75) is 6.54 Å². The highest BCUT2D eigenvalue weighted by molar-refractivity contribution is 5.31. The molecule has 0 bridgehead atoms. The van der Waals surface area contributed by atoms with Gasteiger partial charge >= 0.3 is 0 Å². The average molecular weight is 244 g/mol. The van der Waals surface area contributed by atoms with Gasteiger partial charge in [-0.15, -0.1) is 0 Å². The minimum atomic E-state index is 0.524. The maximum atomic E-state index is 5.64. The van der Waals surface area contributed by atoms with Gasteiger partial charge in [0.05, 0.1) is 7.11 Å². The van der Waals surface area contributed by atoms with E-state index in [9.17, 15) is 0 Å². The molecule has 0 spiro atoms. The van der Waals surface area contributed by atoms with Gasteiger partial charge in [0.15, 0.2) is 0 Å². The molecular formula is C14H16N2O2. The number of methoxy groups -OCH3 is 1. The van der Waals surface area contributed by atoms with Crippen molar-refractivity contribution in [1.82, 2.24) is 10.3 Å². The predicted octanol–water partition coefficient (Wildman–Crippen LogP) is 2.60. The van der Waals surface area contributed by atoms with Crippen molar-refractivity contribution in [2.24, 2.45) is 0 Å². The highest BCUT2D eigenvalue weighted by Crippen LogP contribution is 2.21. The minimum Gasteiger partial charge on any atom is -0.481 e. The van der Waals surface area contributed by atoms with Crippen LogP contribution in [0, 0.1) is 0 Å². The third kappa shape index (κ3) is 3.21. The van der Waals surface area contributed by atoms with Gasteiger partial charge in [0.25, 0.3) is 0 Å². The summed E-state index contributed by atoms with van der Waals surface area (Å²) in [6.07, 6.45) is 0. The quantitative estimate of drug-likeness (QED) is 0.878. The molecular weight excluding hydrogens is 228 g/mol. The van der Waals surface area contributed by atoms with Gasteiger partial charge in [0, 0.05) is 18.7 Å². The zero-order chi connectivity index (χ0) is 12.8. The predicted molar refractivity (Wildman–Crippen MR) is 70.1 cm³/mol. The van der Waals surface area contributed by atoms with Crippen molar-refractivity contribution in [3.63, 3.8) is 0 Å². The Bertz CT molecular complexity index is 497. The lowest BCUT2D eigenvalue weighted by Crippen LogP contribution is -2.04. The van der Waals surface area contributed by atoms with E-state index in [2.05, 4.69) is 10.3 Å². The fraction of sp³-hybridized carbons (Fsp3) is 0.214. The Kier molecular flexibility index (Phi) is 4.15. The molecule has 18 heavy (non-hydrogen) atoms. The summed E-state index contributed by atoms with van der Waals surface area (Å²) >= 11 is 0. The molecule has 0 atom stereocenters. The molecule has 0 radical (unpaired) electrons. The molecule has 0 saturated carbocycles. The third-order valence-corrected chi connectivity index (χ3v) is 2.43. The Morgan fingerprint density at radius 3 is 2.44 bits per heavy atom. The highest BCUT2D eigenvalue weighted by Gasteiger charge is 2.00. The number of aromatic nitrogens is 1. The molecule has 1 aromatic carbocycles. The SMILES string of the molecule is CNCc1ccc(Oc2cccc(OC)n2)cc1. The molecule has 0 fully saturated rings. The Morgan fingerprint density at radius 2 is 1.78 bits per heavy atom. The lowest BCUT2D eigenvalue weighted by Gasteiger charge is -2.07. The summed E-state index contributed by atoms with van der Waals surface area (Å²) < 4.78 is 10.7. The van der Waals surface area contributed by atoms with Crippen LogP contribution in [-0.2, 0) is 6.54 Å². The maximum absolute atomic E-state index is 5.64. The molecule has 1 aromatic heterocycles. The Hall–Kier alpha value is -2.07. The molecule has 0 saturated heterocycles. The molecule has 0 aliphatic rings. The van der Waals surface area contributed by atoms with Crippen molar-refractivity contribution < 1.29 is 9.47 Å². The van der Waals surface area contributed by atoms with E-state index >= 15 is 0 Å². The second-order valence-electron chi connectivity index (χ2n) is 3.79. The standard InChI is InChI=1S/C14H16N2O2/c1-15-10-11-6-8-12(9-7-11)18-14-5-3-4-13(16-14)17-2/h3-9,15H,10H2,1-2H3. The summed E-state index contributed by atoms with van der Waals surface area (Å²) in [5, 5.41) is 3.10. The van der Waals surface area contributed by atoms with Crippen LogP contribution in [0.25, 0.3) is 0 Å². The van der Waals surface area contributed by atoms with Crippen molar-refractivity contribution in [1.29, 1.82) is 0 Å². The zero-order valence-electron chi connectivity index (χ0n) is 10.5. The summed E-state index contributed by atoms with van der Waals surface area (Å²) in [5.41, 5.74) is 1.21. The second-order valence-corrected chi connectivity index (χ2v) is 3.79. The van der Waals surface area contributed by atoms with Gasteiger partial charge in [-0.1, -0.05) is 18.2 Å². The van der Waals surface area contributed by atoms with E-state index in [0.717, 1.165) is 12.3 Å². The van der Waals surface area contributed by atoms with Crippen LogP contribution >= 0.6 is 0 Å². The second kappa shape index (κ2) is 6.02. The molecule has 2 rings (SSSR count). The van der Waals surface area contributed by atoms with Gasteiger partial charge < -0.3 is 14.8 Å². The fourth-order valence-electron chi connectivity index (χ4n) is 1.57. The first kappa shape index (κ1) is 12.4. The van der Waals surface area contributed by atoms with E-state index in [0.29, 0.717) is 11.8 Å². The maximum Gasteiger partial charge on any atom is 0.222 e. The molecule has 4 heteroatoms. The molecule has 0 unspecified atom stereocenters. The number of nitrogens with one attached hydrogen (secondary N) is 1. The van der Waals surface area contributed by atoms with Gasteiger partial charge in [-0.05, 0) is 24.7 Å². The molecule has 1 N–H and O–H groups in total. The third-order valence-electron chi connectivity index (χ3n) is 2.43. The first-order valence-corrected chi connectivity index (χ1v) is 5.74. The van der Waals surface area contributed by atoms with Gasteiger partial charge in [0.2, 0.25) is 11.8 Å². The number of nitrogens with zero attached hydrogens (tertiary/aromatic N) is 1. The number of hydrogen-bond acceptors (Lipinski definition) is 4. The lowest BCUT2D eigenvalue weighted by atomic mass is 10.2. The first-order chi connectivity index (χ1) is 8.81. The number of pyridine rings is 1. The monoisotopic (exact) mass is 244 g/mol. The normalized spacial score (nSPS) is 10.1. The van der Waals surface area contributed by atoms with Crippen molar-refractivity contribution in [3.8, 4) is 17.5 Å². The summed E-state index contributed by atoms with van der Waals surface area (Å²) in [4.78, 5) is 4.19. The van der Waals surface area contributed by atoms with Crippen LogP contribution in [0.15, 0.2) is 42.5 Å². The summed E-state index contributed by atoms with van der Waals surface area (Å²) in [6, 6.07) is 13.3. The Morgan fingerprint density at radius 1 is 1.06 bits per heavy atom. The van der Waals surface area contributed by atoms with Crippen LogP contribution in [0.1, 0.15) is 5.56 Å². The van der Waals surface area contributed by atoms with Crippen LogP contribution < -0.4 is 14.8 Å². The van der Waals surface area contributed by atoms with Crippen molar-refractivity contribution in [3.05, 3.63) is 48.0 Å². The van der Waals surface area contributed by atoms with Gasteiger partial charge in [0.1, 0.15) is 5.75 Å². The van der Waals surface area contributed by atoms with Gasteiger partial charge in [-0.3, -0.25) is 0 Å². The van der Waals surface area contributed by atoms with Crippen molar-refractivity contribution in [2.75, 3.05) is 14.2 Å². The summed E-state index contributed by atoms with van der Waals surface area (Å²) in [7, 11) is 3.50. The van der Waals surface area contributed by atoms with E-state index in [1.165, 1.54) is 5.56 Å². The van der Waals surface area contributed by atoms with E-state index in [4.69, 9.17) is 9.47 Å². The molecule has 94 valence electrons. The highest BCUT2D eigenvalue weighted by atomic mass is 16.5. The lowest BCUT2D eigenvalue weighted by molar-refractivity contribution is 0.383. The summed E-state index contributed by atoms with van der Waals surface area (Å²) in [6.45, 7) is 0.845. The van der Waals surface area contributed by atoms with Crippen LogP contribution in [0.2, 0.25) is 0 Å². The molecule has 0 aliphatic heterocycles. The first-order valence-electron chi connectivity index (χ1n) is 5.74. The van der Waals surface area contributed by atoms with E-state index in [1.807, 2.05) is 37.4 Å². The fourth-order valence-corrected chi connectivity index (χ4v) is 1.57. The molecule has 4 nitrogen and oxygen atoms in total. The van der Waals surface area contributed by atoms with E-state index in [1.54, 1.807) is 19.2 Å². The molecule has 0 amide bonds.